The van der Waals surface area contributed by atoms with E-state index >= 15 is 0 Å². The van der Waals surface area contributed by atoms with Crippen molar-refractivity contribution >= 4 is 27.3 Å². The van der Waals surface area contributed by atoms with Crippen molar-refractivity contribution in [2.75, 3.05) is 35.6 Å². The Morgan fingerprint density at radius 2 is 1.81 bits per heavy atom. The summed E-state index contributed by atoms with van der Waals surface area (Å²) in [4.78, 5) is 12.2. The van der Waals surface area contributed by atoms with Gasteiger partial charge in [0, 0.05) is 12.1 Å². The van der Waals surface area contributed by atoms with Crippen LogP contribution in [0.4, 0.5) is 20.2 Å². The predicted molar refractivity (Wildman–Crippen MR) is 94.6 cm³/mol. The molecule has 0 unspecified atom stereocenters. The van der Waals surface area contributed by atoms with E-state index in [1.165, 1.54) is 12.1 Å². The van der Waals surface area contributed by atoms with Gasteiger partial charge in [0.25, 0.3) is 0 Å². The highest BCUT2D eigenvalue weighted by Crippen LogP contribution is 2.34. The molecule has 27 heavy (non-hydrogen) atoms. The lowest BCUT2D eigenvalue weighted by Crippen LogP contribution is -2.37. The van der Waals surface area contributed by atoms with Gasteiger partial charge in [0.2, 0.25) is 15.9 Å². The van der Waals surface area contributed by atoms with E-state index in [1.54, 1.807) is 6.07 Å². The molecule has 0 aliphatic carbocycles. The lowest BCUT2D eigenvalue weighted by molar-refractivity contribution is -0.114. The fraction of sp³-hybridized carbons (Fsp3) is 0.235. The molecule has 0 fully saturated rings. The Morgan fingerprint density at radius 1 is 1.11 bits per heavy atom. The number of sulfonamides is 1. The fourth-order valence-corrected chi connectivity index (χ4v) is 3.35. The quantitative estimate of drug-likeness (QED) is 0.834. The summed E-state index contributed by atoms with van der Waals surface area (Å²) in [5, 5.41) is 2.23. The maximum Gasteiger partial charge on any atom is 0.245 e. The third-order valence-corrected chi connectivity index (χ3v) is 4.85. The van der Waals surface area contributed by atoms with Gasteiger partial charge in [-0.05, 0) is 24.3 Å². The fourth-order valence-electron chi connectivity index (χ4n) is 2.50. The first-order valence-electron chi connectivity index (χ1n) is 7.86. The number of fused-ring (bicyclic) bond motifs is 1. The lowest BCUT2D eigenvalue weighted by atomic mass is 10.2. The first-order valence-corrected chi connectivity index (χ1v) is 9.71. The molecule has 7 nitrogen and oxygen atoms in total. The molecule has 0 atom stereocenters. The molecule has 144 valence electrons. The maximum atomic E-state index is 13.7. The van der Waals surface area contributed by atoms with Crippen molar-refractivity contribution in [2.24, 2.45) is 0 Å². The van der Waals surface area contributed by atoms with Crippen molar-refractivity contribution in [3.63, 3.8) is 0 Å². The van der Waals surface area contributed by atoms with Crippen LogP contribution in [0.2, 0.25) is 0 Å². The van der Waals surface area contributed by atoms with E-state index in [9.17, 15) is 22.0 Å². The average Bonchev–Trinajstić information content (AvgIpc) is 2.61. The monoisotopic (exact) mass is 398 g/mol. The first kappa shape index (κ1) is 18.9. The molecular formula is C17H16F2N2O5S. The van der Waals surface area contributed by atoms with Crippen molar-refractivity contribution < 1.29 is 31.5 Å². The van der Waals surface area contributed by atoms with Crippen molar-refractivity contribution in [3.8, 4) is 11.5 Å². The number of anilines is 2. The minimum Gasteiger partial charge on any atom is -0.486 e. The standard InChI is InChI=1S/C17H16F2N2O5S/c1-27(23,24)21(12-3-5-15-16(9-12)26-7-6-25-15)10-17(22)20-14-4-2-11(18)8-13(14)19/h2-5,8-9H,6-7,10H2,1H3,(H,20,22). The Balaban J connectivity index is 1.82. The Bertz CT molecular complexity index is 981. The number of halogens is 2. The molecule has 0 bridgehead atoms. The molecule has 0 radical (unpaired) electrons. The number of rotatable bonds is 5. The number of nitrogens with zero attached hydrogens (tertiary/aromatic N) is 1. The summed E-state index contributed by atoms with van der Waals surface area (Å²) >= 11 is 0. The topological polar surface area (TPSA) is 84.9 Å². The van der Waals surface area contributed by atoms with Crippen molar-refractivity contribution in [2.45, 2.75) is 0 Å². The van der Waals surface area contributed by atoms with E-state index in [0.29, 0.717) is 30.8 Å². The normalized spacial score (nSPS) is 13.1. The van der Waals surface area contributed by atoms with E-state index in [4.69, 9.17) is 9.47 Å². The number of carbonyl (C=O) groups is 1. The Labute approximate surface area is 154 Å². The number of nitrogens with one attached hydrogen (secondary N) is 1. The van der Waals surface area contributed by atoms with E-state index in [2.05, 4.69) is 5.32 Å². The lowest BCUT2D eigenvalue weighted by Gasteiger charge is -2.24. The molecule has 1 aliphatic rings. The van der Waals surface area contributed by atoms with Gasteiger partial charge in [-0.3, -0.25) is 9.10 Å². The van der Waals surface area contributed by atoms with Crippen LogP contribution in [0.25, 0.3) is 0 Å². The summed E-state index contributed by atoms with van der Waals surface area (Å²) in [5.41, 5.74) is -0.0616. The second-order valence-electron chi connectivity index (χ2n) is 5.77. The van der Waals surface area contributed by atoms with E-state index in [-0.39, 0.29) is 11.4 Å². The van der Waals surface area contributed by atoms with Crippen LogP contribution in [0.1, 0.15) is 0 Å². The minimum absolute atomic E-state index is 0.191. The zero-order valence-corrected chi connectivity index (χ0v) is 15.1. The molecule has 0 saturated carbocycles. The zero-order valence-electron chi connectivity index (χ0n) is 14.2. The molecular weight excluding hydrogens is 382 g/mol. The summed E-state index contributed by atoms with van der Waals surface area (Å²) in [6, 6.07) is 7.11. The van der Waals surface area contributed by atoms with Crippen LogP contribution in [0.5, 0.6) is 11.5 Å². The average molecular weight is 398 g/mol. The van der Waals surface area contributed by atoms with Crippen LogP contribution < -0.4 is 19.1 Å². The first-order chi connectivity index (χ1) is 12.7. The van der Waals surface area contributed by atoms with Crippen LogP contribution in [0, 0.1) is 11.6 Å². The molecule has 10 heteroatoms. The van der Waals surface area contributed by atoms with Crippen LogP contribution in [0.3, 0.4) is 0 Å². The Hall–Kier alpha value is -2.88. The van der Waals surface area contributed by atoms with E-state index in [0.717, 1.165) is 22.7 Å². The largest absolute Gasteiger partial charge is 0.486 e. The second-order valence-corrected chi connectivity index (χ2v) is 7.68. The molecule has 0 spiro atoms. The Kier molecular flexibility index (Phi) is 5.17. The molecule has 1 amide bonds. The number of amides is 1. The van der Waals surface area contributed by atoms with Gasteiger partial charge in [-0.25, -0.2) is 17.2 Å². The smallest absolute Gasteiger partial charge is 0.245 e. The number of benzene rings is 2. The van der Waals surface area contributed by atoms with Gasteiger partial charge in [0.05, 0.1) is 17.6 Å². The predicted octanol–water partition coefficient (Wildman–Crippen LogP) is 2.14. The van der Waals surface area contributed by atoms with Gasteiger partial charge in [0.15, 0.2) is 11.5 Å². The summed E-state index contributed by atoms with van der Waals surface area (Å²) in [5.74, 6) is -1.72. The molecule has 0 aromatic heterocycles. The van der Waals surface area contributed by atoms with Crippen LogP contribution in [-0.2, 0) is 14.8 Å². The van der Waals surface area contributed by atoms with Crippen LogP contribution >= 0.6 is 0 Å². The highest BCUT2D eigenvalue weighted by Gasteiger charge is 2.23. The maximum absolute atomic E-state index is 13.7. The van der Waals surface area contributed by atoms with Crippen molar-refractivity contribution in [1.82, 2.24) is 0 Å². The molecule has 2 aromatic carbocycles. The number of ether oxygens (including phenoxy) is 2. The van der Waals surface area contributed by atoms with Crippen molar-refractivity contribution in [3.05, 3.63) is 48.0 Å². The summed E-state index contributed by atoms with van der Waals surface area (Å²) in [7, 11) is -3.83. The molecule has 1 N–H and O–H groups in total. The molecule has 1 heterocycles. The zero-order chi connectivity index (χ0) is 19.6. The molecule has 2 aromatic rings. The van der Waals surface area contributed by atoms with Crippen molar-refractivity contribution in [1.29, 1.82) is 0 Å². The second kappa shape index (κ2) is 7.39. The Morgan fingerprint density at radius 3 is 2.48 bits per heavy atom. The van der Waals surface area contributed by atoms with Gasteiger partial charge in [-0.15, -0.1) is 0 Å². The van der Waals surface area contributed by atoms with E-state index < -0.39 is 34.1 Å². The summed E-state index contributed by atoms with van der Waals surface area (Å²) < 4.78 is 62.6. The number of carbonyl (C=O) groups excluding carboxylic acids is 1. The van der Waals surface area contributed by atoms with Crippen LogP contribution in [0.15, 0.2) is 36.4 Å². The minimum atomic E-state index is -3.83. The van der Waals surface area contributed by atoms with Gasteiger partial charge >= 0.3 is 0 Å². The van der Waals surface area contributed by atoms with Crippen LogP contribution in [-0.4, -0.2) is 40.3 Å². The summed E-state index contributed by atoms with van der Waals surface area (Å²) in [6.45, 7) is 0.0999. The van der Waals surface area contributed by atoms with Gasteiger partial charge in [-0.1, -0.05) is 0 Å². The third-order valence-electron chi connectivity index (χ3n) is 3.71. The third kappa shape index (κ3) is 4.45. The highest BCUT2D eigenvalue weighted by molar-refractivity contribution is 7.92. The summed E-state index contributed by atoms with van der Waals surface area (Å²) in [6.07, 6.45) is 0.940. The number of hydrogen-bond donors (Lipinski definition) is 1. The van der Waals surface area contributed by atoms with Gasteiger partial charge in [0.1, 0.15) is 31.4 Å². The molecule has 3 rings (SSSR count). The highest BCUT2D eigenvalue weighted by atomic mass is 32.2. The van der Waals surface area contributed by atoms with Gasteiger partial charge in [-0.2, -0.15) is 0 Å². The molecule has 1 aliphatic heterocycles. The van der Waals surface area contributed by atoms with Gasteiger partial charge < -0.3 is 14.8 Å². The molecule has 0 saturated heterocycles. The van der Waals surface area contributed by atoms with E-state index in [1.807, 2.05) is 0 Å². The number of hydrogen-bond acceptors (Lipinski definition) is 5. The SMILES string of the molecule is CS(=O)(=O)N(CC(=O)Nc1ccc(F)cc1F)c1ccc2c(c1)OCCO2.